The number of ether oxygens (including phenoxy) is 1. The summed E-state index contributed by atoms with van der Waals surface area (Å²) in [5.41, 5.74) is 2.66. The van der Waals surface area contributed by atoms with Crippen molar-refractivity contribution in [1.29, 1.82) is 0 Å². The number of rotatable bonds is 6. The lowest BCUT2D eigenvalue weighted by molar-refractivity contribution is -0.156. The molecule has 8 heteroatoms. The Morgan fingerprint density at radius 3 is 2.74 bits per heavy atom. The molecule has 1 fully saturated rings. The molecule has 0 spiro atoms. The second-order valence-electron chi connectivity index (χ2n) is 10.2. The van der Waals surface area contributed by atoms with E-state index in [0.29, 0.717) is 35.2 Å². The number of carbonyl (C=O) groups excluding carboxylic acids is 2. The number of amides is 1. The molecule has 1 aliphatic heterocycles. The number of benzene rings is 1. The number of carbonyl (C=O) groups is 2. The third-order valence-corrected chi connectivity index (χ3v) is 6.66. The van der Waals surface area contributed by atoms with E-state index in [1.165, 1.54) is 0 Å². The summed E-state index contributed by atoms with van der Waals surface area (Å²) in [7, 11) is 0. The van der Waals surface area contributed by atoms with Gasteiger partial charge in [0.2, 0.25) is 0 Å². The maximum absolute atomic E-state index is 12.6. The summed E-state index contributed by atoms with van der Waals surface area (Å²) in [6, 6.07) is 7.95. The Balaban J connectivity index is 1.60. The highest BCUT2D eigenvalue weighted by Crippen LogP contribution is 2.38. The smallest absolute Gasteiger partial charge is 0.306 e. The van der Waals surface area contributed by atoms with Gasteiger partial charge in [-0.25, -0.2) is 4.98 Å². The number of nitrogens with zero attached hydrogens (tertiary/aromatic N) is 1. The number of aryl methyl sites for hydroxylation is 1. The first kappa shape index (κ1) is 24.3. The van der Waals surface area contributed by atoms with Crippen molar-refractivity contribution in [3.63, 3.8) is 0 Å². The number of hydrogen-bond acceptors (Lipinski definition) is 6. The second kappa shape index (κ2) is 9.82. The van der Waals surface area contributed by atoms with Gasteiger partial charge in [0.15, 0.2) is 0 Å². The third-order valence-electron chi connectivity index (χ3n) is 6.25. The Hall–Kier alpha value is -2.80. The number of halogens is 1. The maximum Gasteiger partial charge on any atom is 0.306 e. The Bertz CT molecular complexity index is 1100. The van der Waals surface area contributed by atoms with E-state index in [0.717, 1.165) is 42.5 Å². The van der Waals surface area contributed by atoms with Crippen molar-refractivity contribution in [2.75, 3.05) is 10.6 Å². The summed E-state index contributed by atoms with van der Waals surface area (Å²) in [5, 5.41) is 10.1. The summed E-state index contributed by atoms with van der Waals surface area (Å²) in [4.78, 5) is 29.8. The van der Waals surface area contributed by atoms with E-state index in [4.69, 9.17) is 21.3 Å². The van der Waals surface area contributed by atoms with Gasteiger partial charge in [-0.3, -0.25) is 9.59 Å². The van der Waals surface area contributed by atoms with E-state index in [-0.39, 0.29) is 23.8 Å². The molecule has 1 aliphatic carbocycles. The average molecular weight is 485 g/mol. The molecule has 4 rings (SSSR count). The van der Waals surface area contributed by atoms with Crippen LogP contribution in [0.3, 0.4) is 0 Å². The monoisotopic (exact) mass is 484 g/mol. The van der Waals surface area contributed by atoms with Crippen molar-refractivity contribution < 1.29 is 14.3 Å². The molecule has 2 heterocycles. The second-order valence-corrected chi connectivity index (χ2v) is 10.6. The minimum Gasteiger partial charge on any atom is -0.460 e. The minimum atomic E-state index is -0.505. The zero-order valence-electron chi connectivity index (χ0n) is 20.3. The molecule has 0 bridgehead atoms. The molecular formula is C26H33ClN4O3. The third kappa shape index (κ3) is 5.63. The molecule has 1 amide bonds. The standard InChI is InChI=1S/C26H33ClN4O3/c1-15-8-7-10-17(12-15)29-23-21-18(14-28-25(21)33)22(27)24(31-23)30-19-11-6-5-9-16(19)13-20(32)34-26(2,3)4/h7-8,10,12,16,19H,5-6,9,11,13-14H2,1-4H3,(H,28,33)(H2,29,30,31)/t16-,19-/m1/s1. The number of anilines is 3. The predicted molar refractivity (Wildman–Crippen MR) is 135 cm³/mol. The zero-order chi connectivity index (χ0) is 24.5. The van der Waals surface area contributed by atoms with E-state index in [2.05, 4.69) is 16.0 Å². The number of hydrogen-bond donors (Lipinski definition) is 3. The van der Waals surface area contributed by atoms with Crippen LogP contribution in [0.2, 0.25) is 5.02 Å². The molecule has 1 aromatic carbocycles. The molecule has 2 aliphatic rings. The normalized spacial score (nSPS) is 19.9. The van der Waals surface area contributed by atoms with Gasteiger partial charge in [0.05, 0.1) is 17.0 Å². The van der Waals surface area contributed by atoms with Crippen LogP contribution in [0.25, 0.3) is 0 Å². The Morgan fingerprint density at radius 1 is 1.24 bits per heavy atom. The van der Waals surface area contributed by atoms with Gasteiger partial charge in [-0.1, -0.05) is 36.6 Å². The van der Waals surface area contributed by atoms with Crippen molar-refractivity contribution in [2.45, 2.75) is 78.0 Å². The summed E-state index contributed by atoms with van der Waals surface area (Å²) < 4.78 is 5.57. The van der Waals surface area contributed by atoms with Crippen molar-refractivity contribution in [1.82, 2.24) is 10.3 Å². The molecular weight excluding hydrogens is 452 g/mol. The van der Waals surface area contributed by atoms with Crippen LogP contribution < -0.4 is 16.0 Å². The van der Waals surface area contributed by atoms with E-state index in [9.17, 15) is 9.59 Å². The molecule has 34 heavy (non-hydrogen) atoms. The molecule has 1 saturated carbocycles. The minimum absolute atomic E-state index is 0.0428. The van der Waals surface area contributed by atoms with E-state index >= 15 is 0 Å². The molecule has 0 saturated heterocycles. The van der Waals surface area contributed by atoms with Gasteiger partial charge in [-0.2, -0.15) is 0 Å². The van der Waals surface area contributed by atoms with Crippen LogP contribution in [0.15, 0.2) is 24.3 Å². The lowest BCUT2D eigenvalue weighted by Crippen LogP contribution is -2.35. The number of esters is 1. The quantitative estimate of drug-likeness (QED) is 0.453. The van der Waals surface area contributed by atoms with Gasteiger partial charge >= 0.3 is 5.97 Å². The molecule has 3 N–H and O–H groups in total. The van der Waals surface area contributed by atoms with E-state index in [1.807, 2.05) is 52.0 Å². The number of aromatic nitrogens is 1. The first-order chi connectivity index (χ1) is 16.1. The van der Waals surface area contributed by atoms with Crippen LogP contribution in [0.1, 0.15) is 74.4 Å². The average Bonchev–Trinajstić information content (AvgIpc) is 3.13. The highest BCUT2D eigenvalue weighted by Gasteiger charge is 2.33. The van der Waals surface area contributed by atoms with Gasteiger partial charge < -0.3 is 20.7 Å². The highest BCUT2D eigenvalue weighted by molar-refractivity contribution is 6.34. The summed E-state index contributed by atoms with van der Waals surface area (Å²) in [6.07, 6.45) is 4.36. The Morgan fingerprint density at radius 2 is 2.00 bits per heavy atom. The highest BCUT2D eigenvalue weighted by atomic mass is 35.5. The van der Waals surface area contributed by atoms with Gasteiger partial charge in [-0.15, -0.1) is 0 Å². The van der Waals surface area contributed by atoms with Crippen molar-refractivity contribution >= 4 is 40.8 Å². The lowest BCUT2D eigenvalue weighted by Gasteiger charge is -2.33. The predicted octanol–water partition coefficient (Wildman–Crippen LogP) is 5.73. The van der Waals surface area contributed by atoms with Gasteiger partial charge in [0.1, 0.15) is 17.2 Å². The Labute approximate surface area is 206 Å². The Kier molecular flexibility index (Phi) is 7.03. The van der Waals surface area contributed by atoms with Gasteiger partial charge in [0, 0.05) is 23.8 Å². The summed E-state index contributed by atoms with van der Waals surface area (Å²) in [6.45, 7) is 8.02. The lowest BCUT2D eigenvalue weighted by atomic mass is 9.82. The van der Waals surface area contributed by atoms with Gasteiger partial charge in [0.25, 0.3) is 5.91 Å². The number of pyridine rings is 1. The molecule has 182 valence electrons. The van der Waals surface area contributed by atoms with Crippen LogP contribution in [-0.2, 0) is 16.1 Å². The fourth-order valence-corrected chi connectivity index (χ4v) is 5.00. The van der Waals surface area contributed by atoms with E-state index < -0.39 is 5.60 Å². The topological polar surface area (TPSA) is 92.3 Å². The molecule has 0 radical (unpaired) electrons. The molecule has 2 atom stereocenters. The fraction of sp³-hybridized carbons (Fsp3) is 0.500. The fourth-order valence-electron chi connectivity index (χ4n) is 4.74. The molecule has 0 unspecified atom stereocenters. The molecule has 7 nitrogen and oxygen atoms in total. The van der Waals surface area contributed by atoms with E-state index in [1.54, 1.807) is 0 Å². The van der Waals surface area contributed by atoms with Crippen LogP contribution in [0, 0.1) is 12.8 Å². The molecule has 1 aromatic heterocycles. The van der Waals surface area contributed by atoms with Crippen LogP contribution in [0.5, 0.6) is 0 Å². The first-order valence-electron chi connectivity index (χ1n) is 11.9. The zero-order valence-corrected chi connectivity index (χ0v) is 21.0. The number of fused-ring (bicyclic) bond motifs is 1. The molecule has 2 aromatic rings. The number of nitrogens with one attached hydrogen (secondary N) is 3. The summed E-state index contributed by atoms with van der Waals surface area (Å²) in [5.74, 6) is 0.764. The van der Waals surface area contributed by atoms with Gasteiger partial charge in [-0.05, 0) is 64.2 Å². The van der Waals surface area contributed by atoms with Crippen molar-refractivity contribution in [2.24, 2.45) is 5.92 Å². The van der Waals surface area contributed by atoms with Crippen LogP contribution in [0.4, 0.5) is 17.3 Å². The van der Waals surface area contributed by atoms with Crippen LogP contribution >= 0.6 is 11.6 Å². The first-order valence-corrected chi connectivity index (χ1v) is 12.3. The van der Waals surface area contributed by atoms with Crippen molar-refractivity contribution in [3.05, 3.63) is 46.0 Å². The maximum atomic E-state index is 12.6. The summed E-state index contributed by atoms with van der Waals surface area (Å²) >= 11 is 6.74. The largest absolute Gasteiger partial charge is 0.460 e. The SMILES string of the molecule is Cc1cccc(Nc2nc(N[C@@H]3CCCC[C@@H]3CC(=O)OC(C)(C)C)c(Cl)c3c2C(=O)NC3)c1. The van der Waals surface area contributed by atoms with Crippen molar-refractivity contribution in [3.8, 4) is 0 Å². The van der Waals surface area contributed by atoms with Crippen LogP contribution in [-0.4, -0.2) is 28.5 Å².